The van der Waals surface area contributed by atoms with Gasteiger partial charge in [-0.3, -0.25) is 9.59 Å². The van der Waals surface area contributed by atoms with Crippen molar-refractivity contribution in [2.24, 2.45) is 0 Å². The molecule has 0 unspecified atom stereocenters. The molecule has 29 heavy (non-hydrogen) atoms. The quantitative estimate of drug-likeness (QED) is 0.645. The van der Waals surface area contributed by atoms with Crippen molar-refractivity contribution in [3.63, 3.8) is 0 Å². The SMILES string of the molecule is Cc1ccc(C(=O)NC2CC2)cc1NC(=O)c1sc(NC2CCCCC2)nc1C. The highest BCUT2D eigenvalue weighted by Gasteiger charge is 2.24. The molecule has 2 aliphatic carbocycles. The number of amides is 2. The predicted octanol–water partition coefficient (Wildman–Crippen LogP) is 4.65. The molecule has 2 aromatic rings. The molecule has 1 aromatic heterocycles. The van der Waals surface area contributed by atoms with Crippen LogP contribution in [0.1, 0.15) is 76.2 Å². The molecule has 154 valence electrons. The minimum absolute atomic E-state index is 0.0871. The van der Waals surface area contributed by atoms with Crippen LogP contribution in [0.5, 0.6) is 0 Å². The summed E-state index contributed by atoms with van der Waals surface area (Å²) in [5, 5.41) is 10.3. The van der Waals surface area contributed by atoms with Gasteiger partial charge < -0.3 is 16.0 Å². The number of hydrogen-bond acceptors (Lipinski definition) is 5. The van der Waals surface area contributed by atoms with E-state index in [0.29, 0.717) is 28.2 Å². The predicted molar refractivity (Wildman–Crippen MR) is 117 cm³/mol. The zero-order chi connectivity index (χ0) is 20.4. The van der Waals surface area contributed by atoms with Crippen molar-refractivity contribution in [2.75, 3.05) is 10.6 Å². The smallest absolute Gasteiger partial charge is 0.267 e. The van der Waals surface area contributed by atoms with Crippen molar-refractivity contribution in [1.82, 2.24) is 10.3 Å². The van der Waals surface area contributed by atoms with E-state index in [1.165, 1.54) is 30.6 Å². The summed E-state index contributed by atoms with van der Waals surface area (Å²) in [4.78, 5) is 30.4. The first-order chi connectivity index (χ1) is 14.0. The molecule has 1 aromatic carbocycles. The molecule has 1 heterocycles. The van der Waals surface area contributed by atoms with Crippen molar-refractivity contribution in [3.8, 4) is 0 Å². The molecule has 4 rings (SSSR count). The summed E-state index contributed by atoms with van der Waals surface area (Å²) >= 11 is 1.40. The summed E-state index contributed by atoms with van der Waals surface area (Å²) in [6.45, 7) is 3.79. The molecule has 0 saturated heterocycles. The van der Waals surface area contributed by atoms with Crippen molar-refractivity contribution in [2.45, 2.75) is 70.9 Å². The number of carbonyl (C=O) groups excluding carboxylic acids is 2. The average Bonchev–Trinajstić information content (AvgIpc) is 3.44. The standard InChI is InChI=1S/C22H28N4O2S/c1-13-8-9-15(20(27)24-17-10-11-17)12-18(13)26-21(28)19-14(2)23-22(29-19)25-16-6-4-3-5-7-16/h8-9,12,16-17H,3-7,10-11H2,1-2H3,(H,23,25)(H,24,27)(H,26,28). The maximum atomic E-state index is 12.9. The van der Waals surface area contributed by atoms with Crippen LogP contribution in [-0.2, 0) is 0 Å². The molecule has 0 radical (unpaired) electrons. The maximum Gasteiger partial charge on any atom is 0.267 e. The number of aryl methyl sites for hydroxylation is 2. The van der Waals surface area contributed by atoms with Crippen molar-refractivity contribution >= 4 is 34.0 Å². The summed E-state index contributed by atoms with van der Waals surface area (Å²) in [6, 6.07) is 6.17. The third kappa shape index (κ3) is 4.96. The third-order valence-electron chi connectivity index (χ3n) is 5.60. The van der Waals surface area contributed by atoms with Crippen LogP contribution in [0.25, 0.3) is 0 Å². The lowest BCUT2D eigenvalue weighted by Crippen LogP contribution is -2.25. The Labute approximate surface area is 175 Å². The van der Waals surface area contributed by atoms with Crippen molar-refractivity contribution < 1.29 is 9.59 Å². The number of anilines is 2. The Kier molecular flexibility index (Phi) is 5.85. The first-order valence-corrected chi connectivity index (χ1v) is 11.3. The Balaban J connectivity index is 1.45. The first-order valence-electron chi connectivity index (χ1n) is 10.5. The van der Waals surface area contributed by atoms with Gasteiger partial charge in [0.1, 0.15) is 4.88 Å². The second-order valence-corrected chi connectivity index (χ2v) is 9.14. The number of rotatable bonds is 6. The van der Waals surface area contributed by atoms with Gasteiger partial charge in [-0.2, -0.15) is 0 Å². The highest BCUT2D eigenvalue weighted by molar-refractivity contribution is 7.17. The van der Waals surface area contributed by atoms with Crippen LogP contribution in [-0.4, -0.2) is 28.9 Å². The minimum atomic E-state index is -0.181. The lowest BCUT2D eigenvalue weighted by Gasteiger charge is -2.22. The minimum Gasteiger partial charge on any atom is -0.359 e. The fourth-order valence-electron chi connectivity index (χ4n) is 3.66. The number of aromatic nitrogens is 1. The molecule has 2 amide bonds. The molecule has 7 heteroatoms. The van der Waals surface area contributed by atoms with E-state index in [-0.39, 0.29) is 11.8 Å². The number of hydrogen-bond donors (Lipinski definition) is 3. The Morgan fingerprint density at radius 1 is 1.00 bits per heavy atom. The van der Waals surface area contributed by atoms with Gasteiger partial charge in [-0.05, 0) is 57.2 Å². The van der Waals surface area contributed by atoms with Gasteiger partial charge in [0.05, 0.1) is 5.69 Å². The van der Waals surface area contributed by atoms with Gasteiger partial charge >= 0.3 is 0 Å². The van der Waals surface area contributed by atoms with Crippen LogP contribution < -0.4 is 16.0 Å². The van der Waals surface area contributed by atoms with E-state index in [2.05, 4.69) is 20.9 Å². The fraction of sp³-hybridized carbons (Fsp3) is 0.500. The number of carbonyl (C=O) groups is 2. The van der Waals surface area contributed by atoms with Crippen LogP contribution in [0.2, 0.25) is 0 Å². The van der Waals surface area contributed by atoms with Gasteiger partial charge in [0.2, 0.25) is 0 Å². The Morgan fingerprint density at radius 2 is 1.76 bits per heavy atom. The summed E-state index contributed by atoms with van der Waals surface area (Å²) in [5.74, 6) is -0.268. The molecule has 0 bridgehead atoms. The molecule has 6 nitrogen and oxygen atoms in total. The van der Waals surface area contributed by atoms with Gasteiger partial charge in [-0.15, -0.1) is 0 Å². The molecule has 3 N–H and O–H groups in total. The zero-order valence-electron chi connectivity index (χ0n) is 17.0. The van der Waals surface area contributed by atoms with Crippen LogP contribution >= 0.6 is 11.3 Å². The molecule has 0 atom stereocenters. The van der Waals surface area contributed by atoms with Crippen LogP contribution in [0.15, 0.2) is 18.2 Å². The molecule has 0 spiro atoms. The van der Waals surface area contributed by atoms with Crippen LogP contribution in [0.3, 0.4) is 0 Å². The molecule has 2 fully saturated rings. The third-order valence-corrected chi connectivity index (χ3v) is 6.68. The van der Waals surface area contributed by atoms with E-state index in [1.807, 2.05) is 19.9 Å². The average molecular weight is 413 g/mol. The van der Waals surface area contributed by atoms with Gasteiger partial charge in [-0.25, -0.2) is 4.98 Å². The molecule has 0 aliphatic heterocycles. The van der Waals surface area contributed by atoms with Gasteiger partial charge in [0, 0.05) is 23.3 Å². The molecule has 2 saturated carbocycles. The van der Waals surface area contributed by atoms with Crippen LogP contribution in [0.4, 0.5) is 10.8 Å². The summed E-state index contributed by atoms with van der Waals surface area (Å²) in [7, 11) is 0. The van der Waals surface area contributed by atoms with E-state index in [9.17, 15) is 9.59 Å². The number of thiazole rings is 1. The van der Waals surface area contributed by atoms with E-state index in [1.54, 1.807) is 12.1 Å². The van der Waals surface area contributed by atoms with Crippen LogP contribution in [0, 0.1) is 13.8 Å². The second kappa shape index (κ2) is 8.53. The Bertz CT molecular complexity index is 914. The van der Waals surface area contributed by atoms with E-state index in [4.69, 9.17) is 0 Å². The number of nitrogens with zero attached hydrogens (tertiary/aromatic N) is 1. The maximum absolute atomic E-state index is 12.9. The number of nitrogens with one attached hydrogen (secondary N) is 3. The number of benzene rings is 1. The van der Waals surface area contributed by atoms with E-state index < -0.39 is 0 Å². The van der Waals surface area contributed by atoms with Gasteiger partial charge in [0.15, 0.2) is 5.13 Å². The summed E-state index contributed by atoms with van der Waals surface area (Å²) in [5.41, 5.74) is 2.88. The molecular weight excluding hydrogens is 384 g/mol. The zero-order valence-corrected chi connectivity index (χ0v) is 17.8. The van der Waals surface area contributed by atoms with Crippen molar-refractivity contribution in [1.29, 1.82) is 0 Å². The Morgan fingerprint density at radius 3 is 2.48 bits per heavy atom. The van der Waals surface area contributed by atoms with Gasteiger partial charge in [0.25, 0.3) is 11.8 Å². The van der Waals surface area contributed by atoms with E-state index >= 15 is 0 Å². The highest BCUT2D eigenvalue weighted by Crippen LogP contribution is 2.28. The Hall–Kier alpha value is -2.41. The largest absolute Gasteiger partial charge is 0.359 e. The lowest BCUT2D eigenvalue weighted by molar-refractivity contribution is 0.0949. The van der Waals surface area contributed by atoms with E-state index in [0.717, 1.165) is 42.1 Å². The summed E-state index contributed by atoms with van der Waals surface area (Å²) < 4.78 is 0. The van der Waals surface area contributed by atoms with Gasteiger partial charge in [-0.1, -0.05) is 36.7 Å². The fourth-order valence-corrected chi connectivity index (χ4v) is 4.60. The topological polar surface area (TPSA) is 83.1 Å². The first kappa shape index (κ1) is 19.9. The normalized spacial score (nSPS) is 17.0. The second-order valence-electron chi connectivity index (χ2n) is 8.14. The molecular formula is C22H28N4O2S. The highest BCUT2D eigenvalue weighted by atomic mass is 32.1. The molecule has 2 aliphatic rings. The summed E-state index contributed by atoms with van der Waals surface area (Å²) in [6.07, 6.45) is 8.22. The van der Waals surface area contributed by atoms with Crippen molar-refractivity contribution in [3.05, 3.63) is 39.9 Å². The monoisotopic (exact) mass is 412 g/mol. The lowest BCUT2D eigenvalue weighted by atomic mass is 9.96.